The number of aryl methyl sites for hydroxylation is 4. The third kappa shape index (κ3) is 5.50. The lowest BCUT2D eigenvalue weighted by Crippen LogP contribution is -2.04. The first-order valence-electron chi connectivity index (χ1n) is 10.3. The maximum absolute atomic E-state index is 5.68. The minimum atomic E-state index is 0.645. The van der Waals surface area contributed by atoms with Crippen LogP contribution in [0.1, 0.15) is 35.1 Å². The molecule has 0 unspecified atom stereocenters. The molecule has 5 nitrogen and oxygen atoms in total. The normalized spacial score (nSPS) is 10.6. The maximum Gasteiger partial charge on any atom is 0.203 e. The zero-order valence-corrected chi connectivity index (χ0v) is 18.0. The second-order valence-electron chi connectivity index (χ2n) is 7.11. The largest absolute Gasteiger partial charge is 0.492 e. The minimum Gasteiger partial charge on any atom is -0.492 e. The molecule has 0 N–H and O–H groups in total. The zero-order valence-electron chi connectivity index (χ0n) is 18.0. The molecule has 0 spiro atoms. The van der Waals surface area contributed by atoms with Crippen LogP contribution >= 0.6 is 0 Å². The van der Waals surface area contributed by atoms with Gasteiger partial charge in [-0.25, -0.2) is 0 Å². The fraction of sp³-hybridized carbons (Fsp3) is 0.360. The Balaban J connectivity index is 1.77. The van der Waals surface area contributed by atoms with Gasteiger partial charge < -0.3 is 14.2 Å². The number of methoxy groups -OCH3 is 3. The molecule has 1 radical (unpaired) electrons. The molecule has 2 heterocycles. The summed E-state index contributed by atoms with van der Waals surface area (Å²) in [6.45, 7) is 0. The van der Waals surface area contributed by atoms with Gasteiger partial charge in [-0.15, -0.1) is 0 Å². The summed E-state index contributed by atoms with van der Waals surface area (Å²) in [5, 5.41) is 0. The lowest BCUT2D eigenvalue weighted by atomic mass is 9.97. The number of pyridine rings is 2. The quantitative estimate of drug-likeness (QED) is 0.465. The first kappa shape index (κ1) is 21.6. The van der Waals surface area contributed by atoms with Gasteiger partial charge in [0, 0.05) is 35.9 Å². The standard InChI is InChI=1S/C25H29N2O3/c1-28-23-21(12-4-8-19-10-6-14-26-17-19)16-22(24(29-2)25(23)30-3)13-5-9-20-11-7-15-27-18-20/h6-7,10-11,14-15,17-18H,4-5,8-9,12-13H2,1-3H3. The second kappa shape index (κ2) is 11.2. The molecule has 30 heavy (non-hydrogen) atoms. The summed E-state index contributed by atoms with van der Waals surface area (Å²) in [7, 11) is 4.98. The number of hydrogen-bond donors (Lipinski definition) is 0. The molecule has 0 fully saturated rings. The molecule has 1 aromatic carbocycles. The average molecular weight is 406 g/mol. The first-order valence-corrected chi connectivity index (χ1v) is 10.3. The van der Waals surface area contributed by atoms with Crippen LogP contribution in [0.15, 0.2) is 49.1 Å². The molecule has 3 rings (SSSR count). The number of hydrogen-bond acceptors (Lipinski definition) is 5. The van der Waals surface area contributed by atoms with Gasteiger partial charge in [-0.2, -0.15) is 0 Å². The molecule has 0 aliphatic rings. The van der Waals surface area contributed by atoms with E-state index in [0.29, 0.717) is 17.2 Å². The van der Waals surface area contributed by atoms with Crippen LogP contribution in [-0.4, -0.2) is 31.3 Å². The lowest BCUT2D eigenvalue weighted by molar-refractivity contribution is 0.319. The van der Waals surface area contributed by atoms with E-state index >= 15 is 0 Å². The van der Waals surface area contributed by atoms with Gasteiger partial charge in [0.25, 0.3) is 0 Å². The van der Waals surface area contributed by atoms with Crippen molar-refractivity contribution >= 4 is 0 Å². The molecule has 0 saturated carbocycles. The highest BCUT2D eigenvalue weighted by Crippen LogP contribution is 2.43. The Morgan fingerprint density at radius 3 is 1.50 bits per heavy atom. The fourth-order valence-electron chi connectivity index (χ4n) is 3.67. The Morgan fingerprint density at radius 1 is 0.667 bits per heavy atom. The number of rotatable bonds is 11. The van der Waals surface area contributed by atoms with E-state index in [9.17, 15) is 0 Å². The molecule has 5 heteroatoms. The van der Waals surface area contributed by atoms with Crippen molar-refractivity contribution < 1.29 is 14.2 Å². The molecule has 0 amide bonds. The fourth-order valence-corrected chi connectivity index (χ4v) is 3.67. The number of benzene rings is 1. The molecule has 2 aromatic heterocycles. The zero-order chi connectivity index (χ0) is 21.2. The van der Waals surface area contributed by atoms with Crippen molar-refractivity contribution in [2.24, 2.45) is 0 Å². The van der Waals surface area contributed by atoms with E-state index in [-0.39, 0.29) is 0 Å². The Bertz CT molecular complexity index is 843. The Hall–Kier alpha value is -3.08. The highest BCUT2D eigenvalue weighted by molar-refractivity contribution is 5.59. The van der Waals surface area contributed by atoms with Crippen LogP contribution in [0, 0.1) is 6.07 Å². The summed E-state index contributed by atoms with van der Waals surface area (Å²) in [5.74, 6) is 2.06. The molecular formula is C25H29N2O3. The minimum absolute atomic E-state index is 0.645. The Morgan fingerprint density at radius 2 is 1.13 bits per heavy atom. The number of nitrogens with zero attached hydrogens (tertiary/aromatic N) is 2. The third-order valence-electron chi connectivity index (χ3n) is 5.10. The monoisotopic (exact) mass is 405 g/mol. The molecule has 0 saturated heterocycles. The van der Waals surface area contributed by atoms with Crippen LogP contribution in [0.25, 0.3) is 0 Å². The second-order valence-corrected chi connectivity index (χ2v) is 7.11. The summed E-state index contributed by atoms with van der Waals surface area (Å²) < 4.78 is 17.0. The molecule has 157 valence electrons. The summed E-state index contributed by atoms with van der Waals surface area (Å²) in [4.78, 5) is 8.39. The highest BCUT2D eigenvalue weighted by Gasteiger charge is 2.20. The number of ether oxygens (including phenoxy) is 3. The van der Waals surface area contributed by atoms with E-state index < -0.39 is 0 Å². The molecule has 0 atom stereocenters. The maximum atomic E-state index is 5.68. The van der Waals surface area contributed by atoms with Gasteiger partial charge in [0.05, 0.1) is 21.3 Å². The third-order valence-corrected chi connectivity index (χ3v) is 5.10. The van der Waals surface area contributed by atoms with Crippen molar-refractivity contribution in [3.63, 3.8) is 0 Å². The molecular weight excluding hydrogens is 376 g/mol. The van der Waals surface area contributed by atoms with Crippen molar-refractivity contribution in [3.8, 4) is 17.2 Å². The van der Waals surface area contributed by atoms with E-state index in [0.717, 1.165) is 49.7 Å². The van der Waals surface area contributed by atoms with Crippen molar-refractivity contribution in [1.82, 2.24) is 9.97 Å². The highest BCUT2D eigenvalue weighted by atomic mass is 16.5. The van der Waals surface area contributed by atoms with Crippen LogP contribution < -0.4 is 14.2 Å². The summed E-state index contributed by atoms with van der Waals surface area (Å²) in [5.41, 5.74) is 4.51. The lowest BCUT2D eigenvalue weighted by Gasteiger charge is -2.19. The van der Waals surface area contributed by atoms with Gasteiger partial charge in [-0.05, 0) is 67.9 Å². The summed E-state index contributed by atoms with van der Waals surface area (Å²) in [6, 6.07) is 11.7. The summed E-state index contributed by atoms with van der Waals surface area (Å²) >= 11 is 0. The smallest absolute Gasteiger partial charge is 0.203 e. The van der Waals surface area contributed by atoms with Crippen LogP contribution in [-0.2, 0) is 25.7 Å². The van der Waals surface area contributed by atoms with Crippen molar-refractivity contribution in [1.29, 1.82) is 0 Å². The van der Waals surface area contributed by atoms with Crippen LogP contribution in [0.5, 0.6) is 17.2 Å². The van der Waals surface area contributed by atoms with Gasteiger partial charge in [-0.1, -0.05) is 12.1 Å². The van der Waals surface area contributed by atoms with Gasteiger partial charge in [0.15, 0.2) is 11.5 Å². The van der Waals surface area contributed by atoms with Crippen LogP contribution in [0.2, 0.25) is 0 Å². The predicted molar refractivity (Wildman–Crippen MR) is 117 cm³/mol. The topological polar surface area (TPSA) is 53.5 Å². The van der Waals surface area contributed by atoms with Crippen molar-refractivity contribution in [3.05, 3.63) is 77.4 Å². The summed E-state index contributed by atoms with van der Waals surface area (Å²) in [6.07, 6.45) is 13.0. The van der Waals surface area contributed by atoms with Crippen LogP contribution in [0.4, 0.5) is 0 Å². The van der Waals surface area contributed by atoms with Gasteiger partial charge >= 0.3 is 0 Å². The van der Waals surface area contributed by atoms with E-state index in [4.69, 9.17) is 14.2 Å². The molecule has 0 aliphatic heterocycles. The molecule has 0 aliphatic carbocycles. The number of aromatic nitrogens is 2. The predicted octanol–water partition coefficient (Wildman–Crippen LogP) is 4.65. The Labute approximate surface area is 179 Å². The van der Waals surface area contributed by atoms with E-state index in [1.807, 2.05) is 24.5 Å². The van der Waals surface area contributed by atoms with E-state index in [1.54, 1.807) is 33.7 Å². The average Bonchev–Trinajstić information content (AvgIpc) is 2.80. The van der Waals surface area contributed by atoms with Crippen molar-refractivity contribution in [2.75, 3.05) is 21.3 Å². The van der Waals surface area contributed by atoms with Gasteiger partial charge in [-0.3, -0.25) is 9.97 Å². The van der Waals surface area contributed by atoms with Crippen LogP contribution in [0.3, 0.4) is 0 Å². The molecule has 0 bridgehead atoms. The first-order chi connectivity index (χ1) is 14.8. The van der Waals surface area contributed by atoms with Gasteiger partial charge in [0.2, 0.25) is 5.75 Å². The van der Waals surface area contributed by atoms with E-state index in [1.165, 1.54) is 11.1 Å². The SMILES string of the molecule is COc1c(CCCc2cccnc2)[c]c(CCCc2cccnc2)c(OC)c1OC. The Kier molecular flexibility index (Phi) is 8.07. The van der Waals surface area contributed by atoms with E-state index in [2.05, 4.69) is 28.2 Å². The molecule has 3 aromatic rings. The van der Waals surface area contributed by atoms with Crippen molar-refractivity contribution in [2.45, 2.75) is 38.5 Å². The van der Waals surface area contributed by atoms with Gasteiger partial charge in [0.1, 0.15) is 0 Å².